The van der Waals surface area contributed by atoms with Crippen molar-refractivity contribution in [2.24, 2.45) is 0 Å². The molecule has 112 valence electrons. The number of pyridine rings is 1. The summed E-state index contributed by atoms with van der Waals surface area (Å²) in [6, 6.07) is 9.80. The molecule has 0 spiro atoms. The minimum atomic E-state index is 0.136. The molecule has 5 heteroatoms. The molecular formula is C16H17BrCl2N2. The Labute approximate surface area is 144 Å². The third kappa shape index (κ3) is 4.96. The summed E-state index contributed by atoms with van der Waals surface area (Å²) in [6.07, 6.45) is 3.67. The summed E-state index contributed by atoms with van der Waals surface area (Å²) in [5.41, 5.74) is 2.08. The predicted octanol–water partition coefficient (Wildman–Crippen LogP) is 5.43. The first-order valence-electron chi connectivity index (χ1n) is 6.89. The molecule has 0 aliphatic carbocycles. The molecule has 0 fully saturated rings. The Kier molecular flexibility index (Phi) is 6.49. The van der Waals surface area contributed by atoms with Gasteiger partial charge in [0.1, 0.15) is 0 Å². The summed E-state index contributed by atoms with van der Waals surface area (Å²) in [5, 5.41) is 4.88. The highest BCUT2D eigenvalue weighted by Gasteiger charge is 2.15. The molecule has 2 aromatic rings. The van der Waals surface area contributed by atoms with Gasteiger partial charge in [0.25, 0.3) is 0 Å². The molecule has 2 rings (SSSR count). The monoisotopic (exact) mass is 386 g/mol. The fourth-order valence-electron chi connectivity index (χ4n) is 2.10. The molecule has 0 aliphatic heterocycles. The van der Waals surface area contributed by atoms with E-state index in [9.17, 15) is 0 Å². The molecule has 2 nitrogen and oxygen atoms in total. The average molecular weight is 388 g/mol. The third-order valence-electron chi connectivity index (χ3n) is 3.19. The van der Waals surface area contributed by atoms with Gasteiger partial charge in [0.2, 0.25) is 0 Å². The van der Waals surface area contributed by atoms with Gasteiger partial charge < -0.3 is 5.32 Å². The van der Waals surface area contributed by atoms with Crippen LogP contribution in [0, 0.1) is 0 Å². The van der Waals surface area contributed by atoms with Gasteiger partial charge in [-0.05, 0) is 65.1 Å². The molecule has 1 aromatic carbocycles. The molecule has 1 atom stereocenters. The zero-order valence-electron chi connectivity index (χ0n) is 11.7. The molecular weight excluding hydrogens is 371 g/mol. The number of halogens is 3. The van der Waals surface area contributed by atoms with Crippen molar-refractivity contribution in [2.45, 2.75) is 25.8 Å². The Morgan fingerprint density at radius 3 is 2.67 bits per heavy atom. The van der Waals surface area contributed by atoms with Gasteiger partial charge in [-0.25, -0.2) is 0 Å². The van der Waals surface area contributed by atoms with Crippen LogP contribution in [0.25, 0.3) is 0 Å². The van der Waals surface area contributed by atoms with Gasteiger partial charge in [-0.15, -0.1) is 0 Å². The lowest BCUT2D eigenvalue weighted by atomic mass is 10.0. The van der Waals surface area contributed by atoms with Crippen molar-refractivity contribution < 1.29 is 0 Å². The summed E-state index contributed by atoms with van der Waals surface area (Å²) >= 11 is 15.6. The zero-order chi connectivity index (χ0) is 15.2. The number of benzene rings is 1. The van der Waals surface area contributed by atoms with E-state index in [-0.39, 0.29) is 6.04 Å². The number of aromatic nitrogens is 1. The first-order chi connectivity index (χ1) is 10.1. The van der Waals surface area contributed by atoms with Crippen molar-refractivity contribution in [3.05, 3.63) is 62.3 Å². The SMILES string of the molecule is CCCNC(Cc1ccc(Cl)cc1Cl)c1ccc(Br)cn1. The zero-order valence-corrected chi connectivity index (χ0v) is 14.8. The van der Waals surface area contributed by atoms with E-state index in [1.54, 1.807) is 6.07 Å². The molecule has 0 saturated heterocycles. The second-order valence-corrected chi connectivity index (χ2v) is 6.61. The fraction of sp³-hybridized carbons (Fsp3) is 0.312. The quantitative estimate of drug-likeness (QED) is 0.714. The van der Waals surface area contributed by atoms with Crippen molar-refractivity contribution in [1.29, 1.82) is 0 Å². The van der Waals surface area contributed by atoms with Gasteiger partial charge >= 0.3 is 0 Å². The van der Waals surface area contributed by atoms with Crippen LogP contribution in [0.2, 0.25) is 10.0 Å². The maximum Gasteiger partial charge on any atom is 0.0577 e. The summed E-state index contributed by atoms with van der Waals surface area (Å²) < 4.78 is 0.977. The van der Waals surface area contributed by atoms with Gasteiger partial charge in [0.05, 0.1) is 11.7 Å². The summed E-state index contributed by atoms with van der Waals surface area (Å²) in [6.45, 7) is 3.09. The van der Waals surface area contributed by atoms with Crippen LogP contribution in [-0.2, 0) is 6.42 Å². The number of nitrogens with zero attached hydrogens (tertiary/aromatic N) is 1. The normalized spacial score (nSPS) is 12.4. The van der Waals surface area contributed by atoms with Gasteiger partial charge in [-0.1, -0.05) is 36.2 Å². The van der Waals surface area contributed by atoms with Crippen molar-refractivity contribution in [2.75, 3.05) is 6.54 Å². The first kappa shape index (κ1) is 16.8. The van der Waals surface area contributed by atoms with Crippen LogP contribution in [-0.4, -0.2) is 11.5 Å². The Bertz CT molecular complexity index is 587. The summed E-state index contributed by atoms with van der Waals surface area (Å²) in [7, 11) is 0. The van der Waals surface area contributed by atoms with E-state index in [1.165, 1.54) is 0 Å². The maximum atomic E-state index is 6.28. The Morgan fingerprint density at radius 2 is 2.05 bits per heavy atom. The van der Waals surface area contributed by atoms with E-state index in [2.05, 4.69) is 33.2 Å². The first-order valence-corrected chi connectivity index (χ1v) is 8.43. The van der Waals surface area contributed by atoms with E-state index in [4.69, 9.17) is 23.2 Å². The Balaban J connectivity index is 2.21. The van der Waals surface area contributed by atoms with Crippen LogP contribution in [0.3, 0.4) is 0 Å². The Morgan fingerprint density at radius 1 is 1.24 bits per heavy atom. The molecule has 1 unspecified atom stereocenters. The van der Waals surface area contributed by atoms with Crippen LogP contribution in [0.5, 0.6) is 0 Å². The highest BCUT2D eigenvalue weighted by molar-refractivity contribution is 9.10. The van der Waals surface area contributed by atoms with Crippen LogP contribution in [0.4, 0.5) is 0 Å². The topological polar surface area (TPSA) is 24.9 Å². The second-order valence-electron chi connectivity index (χ2n) is 4.85. The van der Waals surface area contributed by atoms with Crippen LogP contribution in [0.1, 0.15) is 30.6 Å². The standard InChI is InChI=1S/C16H17BrCl2N2/c1-2-7-20-16(15-6-4-12(17)10-21-15)8-11-3-5-13(18)9-14(11)19/h3-6,9-10,16,20H,2,7-8H2,1H3. The van der Waals surface area contributed by atoms with E-state index in [0.717, 1.165) is 35.1 Å². The summed E-state index contributed by atoms with van der Waals surface area (Å²) in [5.74, 6) is 0. The van der Waals surface area contributed by atoms with Gasteiger partial charge in [0, 0.05) is 20.7 Å². The van der Waals surface area contributed by atoms with Gasteiger partial charge in [-0.2, -0.15) is 0 Å². The largest absolute Gasteiger partial charge is 0.308 e. The van der Waals surface area contributed by atoms with Crippen LogP contribution < -0.4 is 5.32 Å². The van der Waals surface area contributed by atoms with Crippen molar-refractivity contribution in [3.63, 3.8) is 0 Å². The van der Waals surface area contributed by atoms with E-state index >= 15 is 0 Å². The lowest BCUT2D eigenvalue weighted by Gasteiger charge is -2.19. The van der Waals surface area contributed by atoms with Gasteiger partial charge in [-0.3, -0.25) is 4.98 Å². The van der Waals surface area contributed by atoms with Crippen molar-refractivity contribution in [1.82, 2.24) is 10.3 Å². The van der Waals surface area contributed by atoms with E-state index in [1.807, 2.05) is 30.5 Å². The lowest BCUT2D eigenvalue weighted by Crippen LogP contribution is -2.25. The highest BCUT2D eigenvalue weighted by Crippen LogP contribution is 2.26. The molecule has 0 saturated carbocycles. The van der Waals surface area contributed by atoms with Crippen LogP contribution >= 0.6 is 39.1 Å². The molecule has 0 amide bonds. The number of nitrogens with one attached hydrogen (secondary N) is 1. The highest BCUT2D eigenvalue weighted by atomic mass is 79.9. The second kappa shape index (κ2) is 8.14. The van der Waals surface area contributed by atoms with Crippen LogP contribution in [0.15, 0.2) is 41.0 Å². The molecule has 0 bridgehead atoms. The van der Waals surface area contributed by atoms with Crippen molar-refractivity contribution >= 4 is 39.1 Å². The minimum Gasteiger partial charge on any atom is -0.308 e. The number of hydrogen-bond donors (Lipinski definition) is 1. The molecule has 1 heterocycles. The summed E-state index contributed by atoms with van der Waals surface area (Å²) in [4.78, 5) is 4.50. The molecule has 0 radical (unpaired) electrons. The number of rotatable bonds is 6. The maximum absolute atomic E-state index is 6.28. The molecule has 21 heavy (non-hydrogen) atoms. The lowest BCUT2D eigenvalue weighted by molar-refractivity contribution is 0.518. The van der Waals surface area contributed by atoms with Crippen molar-refractivity contribution in [3.8, 4) is 0 Å². The van der Waals surface area contributed by atoms with E-state index in [0.29, 0.717) is 10.0 Å². The predicted molar refractivity (Wildman–Crippen MR) is 93.1 cm³/mol. The minimum absolute atomic E-state index is 0.136. The fourth-order valence-corrected chi connectivity index (χ4v) is 2.82. The smallest absolute Gasteiger partial charge is 0.0577 e. The Hall–Kier alpha value is -0.610. The number of hydrogen-bond acceptors (Lipinski definition) is 2. The van der Waals surface area contributed by atoms with Gasteiger partial charge in [0.15, 0.2) is 0 Å². The average Bonchev–Trinajstić information content (AvgIpc) is 2.46. The third-order valence-corrected chi connectivity index (χ3v) is 4.24. The van der Waals surface area contributed by atoms with E-state index < -0.39 is 0 Å². The molecule has 0 aliphatic rings. The molecule has 1 N–H and O–H groups in total. The molecule has 1 aromatic heterocycles.